The van der Waals surface area contributed by atoms with Gasteiger partial charge < -0.3 is 14.7 Å². The SMILES string of the molecule is COc1cc(C(C)C(=O)CCc2ccc(C)nc2N2CCC(C)CC2)ccc1O. The Kier molecular flexibility index (Phi) is 6.78. The Bertz CT molecular complexity index is 857. The number of methoxy groups -OCH3 is 1. The summed E-state index contributed by atoms with van der Waals surface area (Å²) in [6, 6.07) is 9.26. The molecule has 1 saturated heterocycles. The molecule has 3 rings (SSSR count). The lowest BCUT2D eigenvalue weighted by atomic mass is 9.92. The van der Waals surface area contributed by atoms with E-state index in [9.17, 15) is 9.90 Å². The number of phenols is 1. The zero-order chi connectivity index (χ0) is 21.0. The van der Waals surface area contributed by atoms with Gasteiger partial charge in [-0.25, -0.2) is 4.98 Å². The van der Waals surface area contributed by atoms with Gasteiger partial charge in [0.05, 0.1) is 7.11 Å². The van der Waals surface area contributed by atoms with E-state index in [0.29, 0.717) is 18.6 Å². The van der Waals surface area contributed by atoms with E-state index in [1.807, 2.05) is 19.9 Å². The van der Waals surface area contributed by atoms with Crippen LogP contribution in [0.25, 0.3) is 0 Å². The number of carbonyl (C=O) groups is 1. The summed E-state index contributed by atoms with van der Waals surface area (Å²) in [6.07, 6.45) is 3.53. The van der Waals surface area contributed by atoms with E-state index in [4.69, 9.17) is 9.72 Å². The number of pyridine rings is 1. The van der Waals surface area contributed by atoms with Crippen LogP contribution in [0.3, 0.4) is 0 Å². The number of hydrogen-bond acceptors (Lipinski definition) is 5. The van der Waals surface area contributed by atoms with Gasteiger partial charge in [0.1, 0.15) is 11.6 Å². The Morgan fingerprint density at radius 2 is 2.00 bits per heavy atom. The summed E-state index contributed by atoms with van der Waals surface area (Å²) >= 11 is 0. The number of piperidine rings is 1. The third-order valence-corrected chi connectivity index (χ3v) is 6.01. The van der Waals surface area contributed by atoms with E-state index in [1.165, 1.54) is 20.0 Å². The van der Waals surface area contributed by atoms with Crippen LogP contribution < -0.4 is 9.64 Å². The number of Topliss-reactive ketones (excluding diaryl/α,β-unsaturated/α-hetero) is 1. The normalized spacial score (nSPS) is 15.9. The highest BCUT2D eigenvalue weighted by Crippen LogP contribution is 2.31. The van der Waals surface area contributed by atoms with E-state index < -0.39 is 0 Å². The molecule has 2 heterocycles. The van der Waals surface area contributed by atoms with Gasteiger partial charge in [-0.3, -0.25) is 4.79 Å². The molecule has 5 heteroatoms. The average molecular weight is 397 g/mol. The summed E-state index contributed by atoms with van der Waals surface area (Å²) in [5.74, 6) is 2.22. The van der Waals surface area contributed by atoms with Crippen LogP contribution in [0.2, 0.25) is 0 Å². The minimum Gasteiger partial charge on any atom is -0.504 e. The van der Waals surface area contributed by atoms with Crippen molar-refractivity contribution in [3.8, 4) is 11.5 Å². The van der Waals surface area contributed by atoms with Gasteiger partial charge >= 0.3 is 0 Å². The Hall–Kier alpha value is -2.56. The highest BCUT2D eigenvalue weighted by molar-refractivity contribution is 5.85. The lowest BCUT2D eigenvalue weighted by Crippen LogP contribution is -2.34. The smallest absolute Gasteiger partial charge is 0.160 e. The summed E-state index contributed by atoms with van der Waals surface area (Å²) in [6.45, 7) is 8.30. The second-order valence-electron chi connectivity index (χ2n) is 8.22. The number of nitrogens with zero attached hydrogens (tertiary/aromatic N) is 2. The third-order valence-electron chi connectivity index (χ3n) is 6.01. The summed E-state index contributed by atoms with van der Waals surface area (Å²) < 4.78 is 5.17. The van der Waals surface area contributed by atoms with Crippen molar-refractivity contribution in [3.05, 3.63) is 47.2 Å². The molecule has 5 nitrogen and oxygen atoms in total. The van der Waals surface area contributed by atoms with Crippen LogP contribution in [0.15, 0.2) is 30.3 Å². The molecule has 1 atom stereocenters. The van der Waals surface area contributed by atoms with Crippen molar-refractivity contribution in [1.82, 2.24) is 4.98 Å². The van der Waals surface area contributed by atoms with Crippen LogP contribution >= 0.6 is 0 Å². The molecule has 2 aromatic rings. The number of aromatic nitrogens is 1. The minimum atomic E-state index is -0.248. The summed E-state index contributed by atoms with van der Waals surface area (Å²) in [7, 11) is 1.51. The molecule has 1 aromatic carbocycles. The Morgan fingerprint density at radius 3 is 2.69 bits per heavy atom. The minimum absolute atomic E-state index is 0.0853. The first-order valence-electron chi connectivity index (χ1n) is 10.5. The molecule has 29 heavy (non-hydrogen) atoms. The second-order valence-corrected chi connectivity index (χ2v) is 8.22. The maximum Gasteiger partial charge on any atom is 0.160 e. The highest BCUT2D eigenvalue weighted by Gasteiger charge is 2.21. The number of rotatable bonds is 7. The topological polar surface area (TPSA) is 62.7 Å². The van der Waals surface area contributed by atoms with Crippen LogP contribution in [-0.4, -0.2) is 36.1 Å². The number of ether oxygens (including phenoxy) is 1. The van der Waals surface area contributed by atoms with E-state index in [0.717, 1.165) is 41.6 Å². The molecule has 1 aromatic heterocycles. The molecule has 0 bridgehead atoms. The van der Waals surface area contributed by atoms with Crippen LogP contribution in [0, 0.1) is 12.8 Å². The Labute approximate surface area is 173 Å². The van der Waals surface area contributed by atoms with Crippen LogP contribution in [0.1, 0.15) is 55.8 Å². The van der Waals surface area contributed by atoms with Crippen LogP contribution in [0.4, 0.5) is 5.82 Å². The molecule has 0 radical (unpaired) electrons. The molecule has 156 valence electrons. The molecule has 1 unspecified atom stereocenters. The maximum atomic E-state index is 12.9. The number of anilines is 1. The largest absolute Gasteiger partial charge is 0.504 e. The Balaban J connectivity index is 1.70. The van der Waals surface area contributed by atoms with Crippen molar-refractivity contribution in [1.29, 1.82) is 0 Å². The highest BCUT2D eigenvalue weighted by atomic mass is 16.5. The first-order chi connectivity index (χ1) is 13.9. The van der Waals surface area contributed by atoms with Crippen molar-refractivity contribution >= 4 is 11.6 Å². The average Bonchev–Trinajstić information content (AvgIpc) is 2.73. The van der Waals surface area contributed by atoms with Gasteiger partial charge in [-0.2, -0.15) is 0 Å². The van der Waals surface area contributed by atoms with Crippen molar-refractivity contribution in [3.63, 3.8) is 0 Å². The zero-order valence-corrected chi connectivity index (χ0v) is 17.9. The fraction of sp³-hybridized carbons (Fsp3) is 0.500. The summed E-state index contributed by atoms with van der Waals surface area (Å²) in [5.41, 5.74) is 3.02. The first kappa shape index (κ1) is 21.2. The van der Waals surface area contributed by atoms with Gasteiger partial charge in [0.25, 0.3) is 0 Å². The quantitative estimate of drug-likeness (QED) is 0.738. The van der Waals surface area contributed by atoms with Crippen molar-refractivity contribution < 1.29 is 14.6 Å². The number of ketones is 1. The molecule has 1 aliphatic heterocycles. The van der Waals surface area contributed by atoms with E-state index in [2.05, 4.69) is 17.9 Å². The molecule has 0 saturated carbocycles. The number of aryl methyl sites for hydroxylation is 2. The molecule has 1 N–H and O–H groups in total. The predicted octanol–water partition coefficient (Wildman–Crippen LogP) is 4.65. The fourth-order valence-corrected chi connectivity index (χ4v) is 3.88. The zero-order valence-electron chi connectivity index (χ0n) is 17.9. The first-order valence-corrected chi connectivity index (χ1v) is 10.5. The molecule has 0 aliphatic carbocycles. The van der Waals surface area contributed by atoms with E-state index in [-0.39, 0.29) is 17.5 Å². The molecular formula is C24H32N2O3. The number of carbonyl (C=O) groups excluding carboxylic acids is 1. The molecular weight excluding hydrogens is 364 g/mol. The van der Waals surface area contributed by atoms with Crippen molar-refractivity contribution in [2.75, 3.05) is 25.1 Å². The lowest BCUT2D eigenvalue weighted by molar-refractivity contribution is -0.120. The molecule has 0 spiro atoms. The molecule has 1 aliphatic rings. The number of aromatic hydroxyl groups is 1. The summed E-state index contributed by atoms with van der Waals surface area (Å²) in [4.78, 5) is 20.0. The van der Waals surface area contributed by atoms with E-state index >= 15 is 0 Å². The third kappa shape index (κ3) is 5.08. The standard InChI is InChI=1S/C24H32N2O3/c1-16-11-13-26(14-12-16)24-19(6-5-17(2)25-24)7-9-21(27)18(3)20-8-10-22(28)23(15-20)29-4/h5-6,8,10,15-16,18,28H,7,9,11-14H2,1-4H3. The van der Waals surface area contributed by atoms with Gasteiger partial charge in [0, 0.05) is 31.1 Å². The molecule has 1 fully saturated rings. The van der Waals surface area contributed by atoms with Gasteiger partial charge in [0.15, 0.2) is 11.5 Å². The van der Waals surface area contributed by atoms with Gasteiger partial charge in [0.2, 0.25) is 0 Å². The number of benzene rings is 1. The predicted molar refractivity (Wildman–Crippen MR) is 116 cm³/mol. The van der Waals surface area contributed by atoms with Gasteiger partial charge in [-0.1, -0.05) is 26.0 Å². The monoisotopic (exact) mass is 396 g/mol. The lowest BCUT2D eigenvalue weighted by Gasteiger charge is -2.32. The second kappa shape index (κ2) is 9.29. The van der Waals surface area contributed by atoms with Gasteiger partial charge in [-0.05, 0) is 61.4 Å². The van der Waals surface area contributed by atoms with Crippen molar-refractivity contribution in [2.45, 2.75) is 52.4 Å². The Morgan fingerprint density at radius 1 is 1.28 bits per heavy atom. The van der Waals surface area contributed by atoms with Gasteiger partial charge in [-0.15, -0.1) is 0 Å². The molecule has 0 amide bonds. The number of phenolic OH excluding ortho intramolecular Hbond substituents is 1. The number of hydrogen-bond donors (Lipinski definition) is 1. The van der Waals surface area contributed by atoms with Crippen LogP contribution in [0.5, 0.6) is 11.5 Å². The summed E-state index contributed by atoms with van der Waals surface area (Å²) in [5, 5.41) is 9.78. The van der Waals surface area contributed by atoms with E-state index in [1.54, 1.807) is 18.2 Å². The van der Waals surface area contributed by atoms with Crippen LogP contribution in [-0.2, 0) is 11.2 Å². The fourth-order valence-electron chi connectivity index (χ4n) is 3.88. The maximum absolute atomic E-state index is 12.9. The van der Waals surface area contributed by atoms with Crippen molar-refractivity contribution in [2.24, 2.45) is 5.92 Å².